The van der Waals surface area contributed by atoms with Crippen molar-refractivity contribution in [3.63, 3.8) is 0 Å². The summed E-state index contributed by atoms with van der Waals surface area (Å²) in [4.78, 5) is 12.7. The van der Waals surface area contributed by atoms with E-state index in [1.807, 2.05) is 0 Å². The average Bonchev–Trinajstić information content (AvgIpc) is 3.16. The molecule has 0 atom stereocenters. The van der Waals surface area contributed by atoms with Crippen LogP contribution in [-0.2, 0) is 9.53 Å². The van der Waals surface area contributed by atoms with E-state index in [-0.39, 0.29) is 12.4 Å². The van der Waals surface area contributed by atoms with Crippen molar-refractivity contribution in [3.05, 3.63) is 47.0 Å². The zero-order chi connectivity index (χ0) is 20.2. The fourth-order valence-corrected chi connectivity index (χ4v) is 4.56. The number of ether oxygens (including phenoxy) is 1. The van der Waals surface area contributed by atoms with E-state index in [0.29, 0.717) is 28.5 Å². The SMILES string of the molecule is CCOC(=O)/C(=C\c1cccc(F)c1)C1=Nn2c(nnc2C2CCCCC2)SC1. The molecule has 2 heterocycles. The van der Waals surface area contributed by atoms with E-state index in [4.69, 9.17) is 9.84 Å². The highest BCUT2D eigenvalue weighted by molar-refractivity contribution is 7.99. The number of carbonyl (C=O) groups is 1. The van der Waals surface area contributed by atoms with Gasteiger partial charge in [0, 0.05) is 11.7 Å². The van der Waals surface area contributed by atoms with Crippen LogP contribution in [0.15, 0.2) is 40.1 Å². The maximum absolute atomic E-state index is 13.6. The zero-order valence-corrected chi connectivity index (χ0v) is 17.1. The Morgan fingerprint density at radius 1 is 1.31 bits per heavy atom. The van der Waals surface area contributed by atoms with Gasteiger partial charge in [-0.2, -0.15) is 9.78 Å². The van der Waals surface area contributed by atoms with Crippen LogP contribution in [0.4, 0.5) is 4.39 Å². The monoisotopic (exact) mass is 414 g/mol. The van der Waals surface area contributed by atoms with E-state index in [2.05, 4.69) is 10.2 Å². The van der Waals surface area contributed by atoms with Gasteiger partial charge in [0.2, 0.25) is 5.16 Å². The summed E-state index contributed by atoms with van der Waals surface area (Å²) in [6.45, 7) is 2.01. The predicted octanol–water partition coefficient (Wildman–Crippen LogP) is 4.42. The summed E-state index contributed by atoms with van der Waals surface area (Å²) in [5, 5.41) is 14.1. The third-order valence-corrected chi connectivity index (χ3v) is 6.06. The molecule has 8 heteroatoms. The van der Waals surface area contributed by atoms with Gasteiger partial charge in [0.05, 0.1) is 17.9 Å². The van der Waals surface area contributed by atoms with Crippen LogP contribution < -0.4 is 0 Å². The number of halogens is 1. The lowest BCUT2D eigenvalue weighted by Gasteiger charge is -2.22. The highest BCUT2D eigenvalue weighted by Crippen LogP contribution is 2.34. The van der Waals surface area contributed by atoms with Gasteiger partial charge >= 0.3 is 5.97 Å². The van der Waals surface area contributed by atoms with Crippen LogP contribution >= 0.6 is 11.8 Å². The van der Waals surface area contributed by atoms with Crippen LogP contribution in [0.25, 0.3) is 6.08 Å². The first kappa shape index (κ1) is 19.8. The Kier molecular flexibility index (Phi) is 6.08. The van der Waals surface area contributed by atoms with Crippen molar-refractivity contribution in [2.45, 2.75) is 50.1 Å². The van der Waals surface area contributed by atoms with Crippen molar-refractivity contribution < 1.29 is 13.9 Å². The van der Waals surface area contributed by atoms with Gasteiger partial charge in [-0.05, 0) is 43.5 Å². The lowest BCUT2D eigenvalue weighted by atomic mass is 9.89. The number of esters is 1. The predicted molar refractivity (Wildman–Crippen MR) is 110 cm³/mol. The normalized spacial score (nSPS) is 17.6. The summed E-state index contributed by atoms with van der Waals surface area (Å²) >= 11 is 1.50. The Morgan fingerprint density at radius 3 is 2.90 bits per heavy atom. The topological polar surface area (TPSA) is 69.4 Å². The number of thioether (sulfide) groups is 1. The third-order valence-electron chi connectivity index (χ3n) is 5.13. The third kappa shape index (κ3) is 4.42. The van der Waals surface area contributed by atoms with Crippen LogP contribution in [0.5, 0.6) is 0 Å². The highest BCUT2D eigenvalue weighted by atomic mass is 32.2. The van der Waals surface area contributed by atoms with Crippen LogP contribution in [0.3, 0.4) is 0 Å². The molecular weight excluding hydrogens is 391 g/mol. The van der Waals surface area contributed by atoms with Gasteiger partial charge in [-0.25, -0.2) is 9.18 Å². The van der Waals surface area contributed by atoms with Crippen LogP contribution in [0.2, 0.25) is 0 Å². The molecule has 2 aliphatic rings. The summed E-state index contributed by atoms with van der Waals surface area (Å²) in [7, 11) is 0. The van der Waals surface area contributed by atoms with E-state index < -0.39 is 5.97 Å². The highest BCUT2D eigenvalue weighted by Gasteiger charge is 2.28. The molecule has 1 aromatic carbocycles. The second-order valence-electron chi connectivity index (χ2n) is 7.16. The van der Waals surface area contributed by atoms with Gasteiger partial charge in [-0.3, -0.25) is 0 Å². The maximum atomic E-state index is 13.6. The molecule has 0 bridgehead atoms. The van der Waals surface area contributed by atoms with Crippen LogP contribution in [0.1, 0.15) is 56.3 Å². The van der Waals surface area contributed by atoms with E-state index in [0.717, 1.165) is 23.8 Å². The molecule has 4 rings (SSSR count). The second kappa shape index (κ2) is 8.90. The summed E-state index contributed by atoms with van der Waals surface area (Å²) in [6, 6.07) is 6.11. The minimum absolute atomic E-state index is 0.255. The molecule has 1 aliphatic carbocycles. The minimum atomic E-state index is -0.466. The summed E-state index contributed by atoms with van der Waals surface area (Å²) < 4.78 is 20.6. The number of carbonyl (C=O) groups excluding carboxylic acids is 1. The Hall–Kier alpha value is -2.48. The Balaban J connectivity index is 1.72. The van der Waals surface area contributed by atoms with E-state index >= 15 is 0 Å². The smallest absolute Gasteiger partial charge is 0.340 e. The maximum Gasteiger partial charge on any atom is 0.340 e. The van der Waals surface area contributed by atoms with E-state index in [1.54, 1.807) is 29.8 Å². The molecule has 0 N–H and O–H groups in total. The van der Waals surface area contributed by atoms with Crippen molar-refractivity contribution in [2.24, 2.45) is 5.10 Å². The van der Waals surface area contributed by atoms with Gasteiger partial charge in [-0.15, -0.1) is 10.2 Å². The first-order chi connectivity index (χ1) is 14.2. The number of hydrogen-bond donors (Lipinski definition) is 0. The van der Waals surface area contributed by atoms with Crippen LogP contribution in [0, 0.1) is 5.82 Å². The molecule has 152 valence electrons. The summed E-state index contributed by atoms with van der Waals surface area (Å²) in [5.41, 5.74) is 1.50. The Morgan fingerprint density at radius 2 is 2.14 bits per heavy atom. The average molecular weight is 415 g/mol. The van der Waals surface area contributed by atoms with Gasteiger partial charge in [-0.1, -0.05) is 43.2 Å². The van der Waals surface area contributed by atoms with E-state index in [1.165, 1.54) is 43.2 Å². The minimum Gasteiger partial charge on any atom is -0.462 e. The zero-order valence-electron chi connectivity index (χ0n) is 16.3. The lowest BCUT2D eigenvalue weighted by molar-refractivity contribution is -0.137. The van der Waals surface area contributed by atoms with Gasteiger partial charge in [0.15, 0.2) is 5.82 Å². The van der Waals surface area contributed by atoms with Gasteiger partial charge in [0.1, 0.15) is 5.82 Å². The fraction of sp³-hybridized carbons (Fsp3) is 0.429. The Bertz CT molecular complexity index is 963. The van der Waals surface area contributed by atoms with Crippen molar-refractivity contribution >= 4 is 29.5 Å². The molecular formula is C21H23FN4O2S. The number of nitrogens with zero attached hydrogens (tertiary/aromatic N) is 4. The fourth-order valence-electron chi connectivity index (χ4n) is 3.72. The number of rotatable bonds is 5. The molecule has 0 unspecified atom stereocenters. The van der Waals surface area contributed by atoms with Crippen molar-refractivity contribution in [3.8, 4) is 0 Å². The van der Waals surface area contributed by atoms with Crippen molar-refractivity contribution in [2.75, 3.05) is 12.4 Å². The quantitative estimate of drug-likeness (QED) is 0.535. The molecule has 1 saturated carbocycles. The largest absolute Gasteiger partial charge is 0.462 e. The molecule has 0 radical (unpaired) electrons. The number of hydrogen-bond acceptors (Lipinski definition) is 6. The molecule has 0 spiro atoms. The van der Waals surface area contributed by atoms with Crippen molar-refractivity contribution in [1.29, 1.82) is 0 Å². The second-order valence-corrected chi connectivity index (χ2v) is 8.10. The lowest BCUT2D eigenvalue weighted by Crippen LogP contribution is -2.22. The molecule has 6 nitrogen and oxygen atoms in total. The van der Waals surface area contributed by atoms with Gasteiger partial charge in [0.25, 0.3) is 0 Å². The van der Waals surface area contributed by atoms with E-state index in [9.17, 15) is 9.18 Å². The molecule has 0 amide bonds. The molecule has 1 fully saturated rings. The first-order valence-corrected chi connectivity index (χ1v) is 10.9. The number of aromatic nitrogens is 3. The van der Waals surface area contributed by atoms with Crippen molar-refractivity contribution in [1.82, 2.24) is 14.9 Å². The Labute approximate surface area is 173 Å². The molecule has 29 heavy (non-hydrogen) atoms. The summed E-state index contributed by atoms with van der Waals surface area (Å²) in [6.07, 6.45) is 7.42. The summed E-state index contributed by atoms with van der Waals surface area (Å²) in [5.74, 6) is 0.850. The number of benzene rings is 1. The molecule has 1 aromatic heterocycles. The van der Waals surface area contributed by atoms with Gasteiger partial charge < -0.3 is 4.74 Å². The standard InChI is InChI=1S/C21H23FN4O2S/c1-2-28-20(27)17(12-14-7-6-10-16(22)11-14)18-13-29-21-24-23-19(26(21)25-18)15-8-4-3-5-9-15/h6-7,10-12,15H,2-5,8-9,13H2,1H3/b17-12-. The molecule has 0 saturated heterocycles. The molecule has 2 aromatic rings. The van der Waals surface area contributed by atoms with Crippen LogP contribution in [-0.4, -0.2) is 38.9 Å². The number of fused-ring (bicyclic) bond motifs is 1. The molecule has 1 aliphatic heterocycles. The first-order valence-electron chi connectivity index (χ1n) is 9.96.